The van der Waals surface area contributed by atoms with E-state index in [1.165, 1.54) is 6.20 Å². The highest BCUT2D eigenvalue weighted by Crippen LogP contribution is 2.27. The summed E-state index contributed by atoms with van der Waals surface area (Å²) in [6.45, 7) is 2.97. The predicted molar refractivity (Wildman–Crippen MR) is 120 cm³/mol. The number of nitrogens with one attached hydrogen (secondary N) is 1. The molecule has 4 heterocycles. The Labute approximate surface area is 189 Å². The summed E-state index contributed by atoms with van der Waals surface area (Å²) in [5.41, 5.74) is 8.12. The molecule has 0 aliphatic carbocycles. The summed E-state index contributed by atoms with van der Waals surface area (Å²) in [6, 6.07) is 9.40. The Morgan fingerprint density at radius 1 is 0.939 bits per heavy atom. The summed E-state index contributed by atoms with van der Waals surface area (Å²) in [5.74, 6) is 0.627. The zero-order chi connectivity index (χ0) is 22.6. The fourth-order valence-corrected chi connectivity index (χ4v) is 3.47. The Bertz CT molecular complexity index is 1250. The molecule has 1 fully saturated rings. The number of hydrogen-bond donors (Lipinski definition) is 2. The molecule has 1 saturated heterocycles. The van der Waals surface area contributed by atoms with E-state index in [1.54, 1.807) is 17.3 Å². The van der Waals surface area contributed by atoms with E-state index in [0.717, 1.165) is 25.1 Å². The van der Waals surface area contributed by atoms with E-state index in [0.29, 0.717) is 30.2 Å². The number of amides is 1. The molecular weight excluding hydrogens is 422 g/mol. The summed E-state index contributed by atoms with van der Waals surface area (Å²) in [5, 5.41) is 11.4. The van der Waals surface area contributed by atoms with Crippen molar-refractivity contribution in [2.45, 2.75) is 6.42 Å². The molecule has 4 aromatic rings. The van der Waals surface area contributed by atoms with Gasteiger partial charge < -0.3 is 20.4 Å². The van der Waals surface area contributed by atoms with Crippen LogP contribution >= 0.6 is 0 Å². The summed E-state index contributed by atoms with van der Waals surface area (Å²) < 4.78 is 5.76. The van der Waals surface area contributed by atoms with Crippen molar-refractivity contribution in [2.75, 3.05) is 31.9 Å². The molecule has 0 bridgehead atoms. The minimum absolute atomic E-state index is 0.147. The third-order valence-corrected chi connectivity index (χ3v) is 5.22. The second-order valence-corrected chi connectivity index (χ2v) is 7.46. The highest BCUT2D eigenvalue weighted by Gasteiger charge is 2.20. The van der Waals surface area contributed by atoms with Crippen molar-refractivity contribution in [1.29, 1.82) is 0 Å². The topological polar surface area (TPSA) is 149 Å². The molecular formula is C22H21N9O2. The van der Waals surface area contributed by atoms with Gasteiger partial charge in [0.15, 0.2) is 11.5 Å². The third kappa shape index (κ3) is 4.39. The van der Waals surface area contributed by atoms with Crippen molar-refractivity contribution in [3.63, 3.8) is 0 Å². The van der Waals surface area contributed by atoms with Crippen molar-refractivity contribution in [3.05, 3.63) is 54.7 Å². The second kappa shape index (κ2) is 9.09. The van der Waals surface area contributed by atoms with E-state index in [2.05, 4.69) is 35.5 Å². The molecule has 3 N–H and O–H groups in total. The van der Waals surface area contributed by atoms with E-state index in [9.17, 15) is 4.79 Å². The van der Waals surface area contributed by atoms with E-state index in [-0.39, 0.29) is 29.1 Å². The monoisotopic (exact) mass is 443 g/mol. The Morgan fingerprint density at radius 3 is 2.55 bits per heavy atom. The van der Waals surface area contributed by atoms with Crippen molar-refractivity contribution >= 4 is 11.7 Å². The first kappa shape index (κ1) is 20.6. The first-order chi connectivity index (χ1) is 16.2. The maximum Gasteiger partial charge on any atom is 0.291 e. The van der Waals surface area contributed by atoms with Gasteiger partial charge >= 0.3 is 0 Å². The number of carbonyl (C=O) groups excluding carboxylic acids is 1. The number of rotatable bonds is 4. The van der Waals surface area contributed by atoms with Crippen LogP contribution < -0.4 is 11.1 Å². The zero-order valence-corrected chi connectivity index (χ0v) is 17.7. The molecule has 1 aromatic carbocycles. The number of nitrogens with zero attached hydrogens (tertiary/aromatic N) is 7. The lowest BCUT2D eigenvalue weighted by Gasteiger charge is -2.18. The van der Waals surface area contributed by atoms with Crippen LogP contribution in [-0.4, -0.2) is 67.1 Å². The normalized spacial score (nSPS) is 14.1. The van der Waals surface area contributed by atoms with Crippen molar-refractivity contribution in [1.82, 2.24) is 40.3 Å². The molecule has 33 heavy (non-hydrogen) atoms. The van der Waals surface area contributed by atoms with E-state index in [4.69, 9.17) is 10.2 Å². The van der Waals surface area contributed by atoms with Crippen LogP contribution in [0.25, 0.3) is 34.3 Å². The van der Waals surface area contributed by atoms with E-state index >= 15 is 0 Å². The van der Waals surface area contributed by atoms with Crippen molar-refractivity contribution in [3.8, 4) is 34.3 Å². The molecule has 0 spiro atoms. The van der Waals surface area contributed by atoms with Crippen LogP contribution in [-0.2, 0) is 0 Å². The fourth-order valence-electron chi connectivity index (χ4n) is 3.47. The second-order valence-electron chi connectivity index (χ2n) is 7.46. The molecule has 1 aliphatic heterocycles. The average molecular weight is 443 g/mol. The Kier molecular flexibility index (Phi) is 5.68. The number of nitrogens with two attached hydrogens (primary N) is 1. The van der Waals surface area contributed by atoms with Gasteiger partial charge in [-0.05, 0) is 25.1 Å². The minimum atomic E-state index is -0.186. The summed E-state index contributed by atoms with van der Waals surface area (Å²) in [7, 11) is 0. The van der Waals surface area contributed by atoms with Crippen LogP contribution in [0.3, 0.4) is 0 Å². The average Bonchev–Trinajstić information content (AvgIpc) is 3.19. The Hall–Kier alpha value is -4.25. The highest BCUT2D eigenvalue weighted by atomic mass is 16.4. The summed E-state index contributed by atoms with van der Waals surface area (Å²) in [4.78, 5) is 31.7. The van der Waals surface area contributed by atoms with Gasteiger partial charge in [-0.2, -0.15) is 0 Å². The molecule has 0 atom stereocenters. The van der Waals surface area contributed by atoms with Gasteiger partial charge in [0.2, 0.25) is 11.7 Å². The molecule has 0 radical (unpaired) electrons. The lowest BCUT2D eigenvalue weighted by molar-refractivity contribution is 0.0754. The van der Waals surface area contributed by atoms with Crippen LogP contribution in [0.5, 0.6) is 0 Å². The SMILES string of the molecule is Nc1ncc(-c2cnc(C(=O)N3CCCNCC3)nc2)nc1-c1nnc(-c2ccccc2)o1. The maximum atomic E-state index is 12.7. The minimum Gasteiger partial charge on any atom is -0.414 e. The Morgan fingerprint density at radius 2 is 1.73 bits per heavy atom. The molecule has 3 aromatic heterocycles. The smallest absolute Gasteiger partial charge is 0.291 e. The largest absolute Gasteiger partial charge is 0.414 e. The molecule has 11 heteroatoms. The van der Waals surface area contributed by atoms with Crippen LogP contribution in [0.2, 0.25) is 0 Å². The van der Waals surface area contributed by atoms with Crippen LogP contribution in [0.1, 0.15) is 17.0 Å². The fraction of sp³-hybridized carbons (Fsp3) is 0.227. The molecule has 5 rings (SSSR count). The lowest BCUT2D eigenvalue weighted by atomic mass is 10.2. The number of nitrogen functional groups attached to an aromatic ring is 1. The number of carbonyl (C=O) groups is 1. The Balaban J connectivity index is 1.39. The number of anilines is 1. The lowest BCUT2D eigenvalue weighted by Crippen LogP contribution is -2.35. The highest BCUT2D eigenvalue weighted by molar-refractivity contribution is 5.90. The van der Waals surface area contributed by atoms with Gasteiger partial charge in [-0.1, -0.05) is 18.2 Å². The summed E-state index contributed by atoms with van der Waals surface area (Å²) in [6.07, 6.45) is 5.50. The van der Waals surface area contributed by atoms with E-state index < -0.39 is 0 Å². The van der Waals surface area contributed by atoms with Gasteiger partial charge in [0, 0.05) is 43.2 Å². The first-order valence-electron chi connectivity index (χ1n) is 10.5. The number of benzene rings is 1. The van der Waals surface area contributed by atoms with Gasteiger partial charge in [-0.15, -0.1) is 10.2 Å². The molecule has 0 saturated carbocycles. The molecule has 1 amide bonds. The van der Waals surface area contributed by atoms with Crippen LogP contribution in [0.4, 0.5) is 5.82 Å². The zero-order valence-electron chi connectivity index (χ0n) is 17.7. The van der Waals surface area contributed by atoms with Gasteiger partial charge in [0.1, 0.15) is 0 Å². The third-order valence-electron chi connectivity index (χ3n) is 5.22. The molecule has 1 aliphatic rings. The summed E-state index contributed by atoms with van der Waals surface area (Å²) >= 11 is 0. The van der Waals surface area contributed by atoms with Crippen molar-refractivity contribution in [2.24, 2.45) is 0 Å². The molecule has 166 valence electrons. The quantitative estimate of drug-likeness (QED) is 0.477. The maximum absolute atomic E-state index is 12.7. The van der Waals surface area contributed by atoms with Gasteiger partial charge in [0.05, 0.1) is 11.9 Å². The van der Waals surface area contributed by atoms with Gasteiger partial charge in [0.25, 0.3) is 11.8 Å². The molecule has 0 unspecified atom stereocenters. The van der Waals surface area contributed by atoms with Gasteiger partial charge in [-0.25, -0.2) is 19.9 Å². The van der Waals surface area contributed by atoms with Crippen LogP contribution in [0, 0.1) is 0 Å². The van der Waals surface area contributed by atoms with Crippen LogP contribution in [0.15, 0.2) is 53.3 Å². The van der Waals surface area contributed by atoms with Crippen molar-refractivity contribution < 1.29 is 9.21 Å². The molecule has 11 nitrogen and oxygen atoms in total. The first-order valence-corrected chi connectivity index (χ1v) is 10.5. The predicted octanol–water partition coefficient (Wildman–Crippen LogP) is 1.67. The van der Waals surface area contributed by atoms with Gasteiger partial charge in [-0.3, -0.25) is 4.79 Å². The standard InChI is InChI=1S/C22H21N9O2/c23-18-17(21-30-29-20(33-21)14-5-2-1-3-6-14)28-16(13-25-18)15-11-26-19(27-12-15)22(32)31-9-4-7-24-8-10-31/h1-3,5-6,11-13,24H,4,7-10H2,(H2,23,25). The number of aromatic nitrogens is 6. The van der Waals surface area contributed by atoms with E-state index in [1.807, 2.05) is 30.3 Å². The number of hydrogen-bond acceptors (Lipinski definition) is 10.